The Bertz CT molecular complexity index is 431. The number of hydrogen-bond acceptors (Lipinski definition) is 2. The molecule has 2 unspecified atom stereocenters. The lowest BCUT2D eigenvalue weighted by molar-refractivity contribution is -0.128. The highest BCUT2D eigenvalue weighted by Crippen LogP contribution is 2.28. The maximum absolute atomic E-state index is 12.1. The van der Waals surface area contributed by atoms with Crippen LogP contribution in [0.4, 0.5) is 0 Å². The van der Waals surface area contributed by atoms with Gasteiger partial charge in [0, 0.05) is 13.0 Å². The van der Waals surface area contributed by atoms with Gasteiger partial charge >= 0.3 is 0 Å². The number of ether oxygens (including phenoxy) is 1. The molecule has 0 spiro atoms. The molecule has 1 aromatic rings. The van der Waals surface area contributed by atoms with Crippen LogP contribution in [0.15, 0.2) is 18.2 Å². The van der Waals surface area contributed by atoms with E-state index in [1.165, 1.54) is 0 Å². The van der Waals surface area contributed by atoms with Crippen LogP contribution in [0.1, 0.15) is 18.9 Å². The molecule has 4 heteroatoms. The molecule has 1 heterocycles. The number of benzene rings is 1. The van der Waals surface area contributed by atoms with E-state index in [2.05, 4.69) is 0 Å². The second-order valence-corrected chi connectivity index (χ2v) is 5.20. The Labute approximate surface area is 111 Å². The van der Waals surface area contributed by atoms with Crippen LogP contribution in [0.3, 0.4) is 0 Å². The van der Waals surface area contributed by atoms with E-state index in [0.29, 0.717) is 22.6 Å². The number of carbonyl (C=O) groups is 1. The highest BCUT2D eigenvalue weighted by molar-refractivity contribution is 6.42. The Balaban J connectivity index is 2.10. The van der Waals surface area contributed by atoms with E-state index in [1.54, 1.807) is 12.1 Å². The summed E-state index contributed by atoms with van der Waals surface area (Å²) >= 11 is 12.0. The SMILES string of the molecule is CC1CCOC1C(=O)Cc1cccc(Cl)c1Cl. The minimum Gasteiger partial charge on any atom is -0.370 e. The van der Waals surface area contributed by atoms with Crippen LogP contribution in [0.5, 0.6) is 0 Å². The van der Waals surface area contributed by atoms with Crippen molar-refractivity contribution in [2.24, 2.45) is 5.92 Å². The second kappa shape index (κ2) is 5.38. The van der Waals surface area contributed by atoms with E-state index in [0.717, 1.165) is 12.0 Å². The third-order valence-corrected chi connectivity index (χ3v) is 3.96. The first-order valence-corrected chi connectivity index (χ1v) is 6.42. The molecule has 2 atom stereocenters. The van der Waals surface area contributed by atoms with Crippen LogP contribution >= 0.6 is 23.2 Å². The fraction of sp³-hybridized carbons (Fsp3) is 0.462. The fourth-order valence-electron chi connectivity index (χ4n) is 2.08. The summed E-state index contributed by atoms with van der Waals surface area (Å²) in [4.78, 5) is 12.1. The average molecular weight is 273 g/mol. The van der Waals surface area contributed by atoms with E-state index in [9.17, 15) is 4.79 Å². The van der Waals surface area contributed by atoms with Gasteiger partial charge in [-0.3, -0.25) is 4.79 Å². The van der Waals surface area contributed by atoms with Crippen molar-refractivity contribution >= 4 is 29.0 Å². The molecule has 0 saturated carbocycles. The standard InChI is InChI=1S/C13H14Cl2O2/c1-8-5-6-17-13(8)11(16)7-9-3-2-4-10(14)12(9)15/h2-4,8,13H,5-7H2,1H3. The van der Waals surface area contributed by atoms with Crippen molar-refractivity contribution in [3.63, 3.8) is 0 Å². The fourth-order valence-corrected chi connectivity index (χ4v) is 2.47. The van der Waals surface area contributed by atoms with E-state index in [4.69, 9.17) is 27.9 Å². The molecular weight excluding hydrogens is 259 g/mol. The van der Waals surface area contributed by atoms with Crippen LogP contribution in [0.25, 0.3) is 0 Å². The van der Waals surface area contributed by atoms with E-state index >= 15 is 0 Å². The van der Waals surface area contributed by atoms with Gasteiger partial charge in [0.05, 0.1) is 10.0 Å². The van der Waals surface area contributed by atoms with Gasteiger partial charge in [-0.15, -0.1) is 0 Å². The van der Waals surface area contributed by atoms with Gasteiger partial charge in [0.15, 0.2) is 5.78 Å². The van der Waals surface area contributed by atoms with Crippen LogP contribution < -0.4 is 0 Å². The summed E-state index contributed by atoms with van der Waals surface area (Å²) in [5.74, 6) is 0.375. The van der Waals surface area contributed by atoms with Gasteiger partial charge in [0.2, 0.25) is 0 Å². The van der Waals surface area contributed by atoms with E-state index < -0.39 is 0 Å². The zero-order chi connectivity index (χ0) is 12.4. The summed E-state index contributed by atoms with van der Waals surface area (Å²) in [5, 5.41) is 0.950. The van der Waals surface area contributed by atoms with Gasteiger partial charge in [-0.05, 0) is 24.0 Å². The minimum atomic E-state index is -0.287. The topological polar surface area (TPSA) is 26.3 Å². The molecule has 1 aliphatic rings. The van der Waals surface area contributed by atoms with Crippen molar-refractivity contribution in [2.45, 2.75) is 25.9 Å². The monoisotopic (exact) mass is 272 g/mol. The van der Waals surface area contributed by atoms with Crippen LogP contribution in [-0.2, 0) is 16.0 Å². The van der Waals surface area contributed by atoms with Crippen LogP contribution in [0.2, 0.25) is 10.0 Å². The molecule has 1 aromatic carbocycles. The van der Waals surface area contributed by atoms with Gasteiger partial charge in [0.1, 0.15) is 6.10 Å². The van der Waals surface area contributed by atoms with Gasteiger partial charge < -0.3 is 4.74 Å². The molecule has 0 N–H and O–H groups in total. The molecule has 1 saturated heterocycles. The first-order chi connectivity index (χ1) is 8.09. The third kappa shape index (κ3) is 2.82. The Morgan fingerprint density at radius 1 is 1.47 bits per heavy atom. The van der Waals surface area contributed by atoms with Crippen LogP contribution in [-0.4, -0.2) is 18.5 Å². The molecule has 0 aromatic heterocycles. The van der Waals surface area contributed by atoms with Crippen molar-refractivity contribution in [1.82, 2.24) is 0 Å². The largest absolute Gasteiger partial charge is 0.370 e. The first kappa shape index (κ1) is 12.9. The normalized spacial score (nSPS) is 23.9. The lowest BCUT2D eigenvalue weighted by Crippen LogP contribution is -2.26. The highest BCUT2D eigenvalue weighted by atomic mass is 35.5. The van der Waals surface area contributed by atoms with Crippen LogP contribution in [0, 0.1) is 5.92 Å². The molecule has 0 amide bonds. The Morgan fingerprint density at radius 2 is 2.24 bits per heavy atom. The van der Waals surface area contributed by atoms with Gasteiger partial charge in [-0.2, -0.15) is 0 Å². The van der Waals surface area contributed by atoms with E-state index in [1.807, 2.05) is 13.0 Å². The molecule has 1 fully saturated rings. The summed E-state index contributed by atoms with van der Waals surface area (Å²) in [6.07, 6.45) is 0.943. The number of rotatable bonds is 3. The van der Waals surface area contributed by atoms with Gasteiger partial charge in [0.25, 0.3) is 0 Å². The smallest absolute Gasteiger partial charge is 0.166 e. The lowest BCUT2D eigenvalue weighted by atomic mass is 9.96. The molecule has 17 heavy (non-hydrogen) atoms. The van der Waals surface area contributed by atoms with Crippen molar-refractivity contribution in [3.8, 4) is 0 Å². The maximum atomic E-state index is 12.1. The lowest BCUT2D eigenvalue weighted by Gasteiger charge is -2.13. The molecule has 2 rings (SSSR count). The number of carbonyl (C=O) groups excluding carboxylic acids is 1. The van der Waals surface area contributed by atoms with Crippen molar-refractivity contribution in [2.75, 3.05) is 6.61 Å². The zero-order valence-electron chi connectivity index (χ0n) is 9.58. The quantitative estimate of drug-likeness (QED) is 0.842. The number of halogens is 2. The summed E-state index contributed by atoms with van der Waals surface area (Å²) in [5.41, 5.74) is 0.770. The van der Waals surface area contributed by atoms with E-state index in [-0.39, 0.29) is 18.3 Å². The Hall–Kier alpha value is -0.570. The predicted molar refractivity (Wildman–Crippen MR) is 68.7 cm³/mol. The first-order valence-electron chi connectivity index (χ1n) is 5.67. The van der Waals surface area contributed by atoms with Crippen molar-refractivity contribution in [1.29, 1.82) is 0 Å². The Kier molecular flexibility index (Phi) is 4.08. The van der Waals surface area contributed by atoms with Gasteiger partial charge in [-0.1, -0.05) is 42.3 Å². The second-order valence-electron chi connectivity index (χ2n) is 4.41. The summed E-state index contributed by atoms with van der Waals surface area (Å²) in [6.45, 7) is 2.70. The molecule has 92 valence electrons. The number of hydrogen-bond donors (Lipinski definition) is 0. The molecule has 2 nitrogen and oxygen atoms in total. The Morgan fingerprint density at radius 3 is 2.88 bits per heavy atom. The van der Waals surface area contributed by atoms with Crippen molar-refractivity contribution in [3.05, 3.63) is 33.8 Å². The molecule has 0 bridgehead atoms. The average Bonchev–Trinajstić information content (AvgIpc) is 2.71. The summed E-state index contributed by atoms with van der Waals surface area (Å²) in [6, 6.07) is 5.34. The molecule has 1 aliphatic heterocycles. The summed E-state index contributed by atoms with van der Waals surface area (Å²) in [7, 11) is 0. The highest BCUT2D eigenvalue weighted by Gasteiger charge is 2.30. The zero-order valence-corrected chi connectivity index (χ0v) is 11.1. The molecule has 0 aliphatic carbocycles. The van der Waals surface area contributed by atoms with Crippen molar-refractivity contribution < 1.29 is 9.53 Å². The molecular formula is C13H14Cl2O2. The number of Topliss-reactive ketones (excluding diaryl/α,β-unsaturated/α-hetero) is 1. The number of ketones is 1. The minimum absolute atomic E-state index is 0.0826. The molecule has 0 radical (unpaired) electrons. The summed E-state index contributed by atoms with van der Waals surface area (Å²) < 4.78 is 5.44. The van der Waals surface area contributed by atoms with Gasteiger partial charge in [-0.25, -0.2) is 0 Å². The maximum Gasteiger partial charge on any atom is 0.166 e. The predicted octanol–water partition coefficient (Wildman–Crippen LogP) is 3.53. The third-order valence-electron chi connectivity index (χ3n) is 3.10.